The fourth-order valence-electron chi connectivity index (χ4n) is 3.98. The maximum Gasteiger partial charge on any atom is 0.135 e. The lowest BCUT2D eigenvalue weighted by atomic mass is 10.1. The van der Waals surface area contributed by atoms with Gasteiger partial charge in [0.25, 0.3) is 0 Å². The maximum absolute atomic E-state index is 11.0. The second kappa shape index (κ2) is 20.8. The first-order valence-electron chi connectivity index (χ1n) is 13.3. The standard InChI is InChI=1S/2C13H25NO2/c2*1-2-11-16-12-5-3-4-8-14-9-6-13(15)7-10-14/h2*2-12H2,1H3. The van der Waals surface area contributed by atoms with Crippen LogP contribution >= 0.6 is 0 Å². The lowest BCUT2D eigenvalue weighted by Crippen LogP contribution is -2.34. The van der Waals surface area contributed by atoms with Gasteiger partial charge in [-0.15, -0.1) is 0 Å². The molecule has 2 saturated heterocycles. The predicted molar refractivity (Wildman–Crippen MR) is 131 cm³/mol. The highest BCUT2D eigenvalue weighted by Gasteiger charge is 2.15. The van der Waals surface area contributed by atoms with Gasteiger partial charge in [-0.05, 0) is 64.5 Å². The fraction of sp³-hybridized carbons (Fsp3) is 0.923. The number of ketones is 2. The molecule has 6 nitrogen and oxygen atoms in total. The summed E-state index contributed by atoms with van der Waals surface area (Å²) in [6, 6.07) is 0. The van der Waals surface area contributed by atoms with Crippen LogP contribution in [-0.4, -0.2) is 87.1 Å². The molecule has 0 atom stereocenters. The van der Waals surface area contributed by atoms with Crippen LogP contribution in [-0.2, 0) is 19.1 Å². The Kier molecular flexibility index (Phi) is 19.0. The summed E-state index contributed by atoms with van der Waals surface area (Å²) in [7, 11) is 0. The molecule has 0 aromatic heterocycles. The Balaban J connectivity index is 0.000000320. The van der Waals surface area contributed by atoms with E-state index >= 15 is 0 Å². The SMILES string of the molecule is CCCOCCCCCN1CCC(=O)CC1.CCCOCCCCCN1CCC(=O)CC1. The number of carbonyl (C=O) groups is 2. The van der Waals surface area contributed by atoms with Crippen molar-refractivity contribution in [1.29, 1.82) is 0 Å². The Labute approximate surface area is 197 Å². The van der Waals surface area contributed by atoms with Gasteiger partial charge in [0, 0.05) is 78.3 Å². The number of unbranched alkanes of at least 4 members (excludes halogenated alkanes) is 4. The average Bonchev–Trinajstić information content (AvgIpc) is 2.81. The van der Waals surface area contributed by atoms with Crippen molar-refractivity contribution in [3.05, 3.63) is 0 Å². The molecule has 2 heterocycles. The minimum absolute atomic E-state index is 0.434. The smallest absolute Gasteiger partial charge is 0.135 e. The molecule has 0 aliphatic carbocycles. The summed E-state index contributed by atoms with van der Waals surface area (Å²) in [5, 5.41) is 0. The molecule has 2 aliphatic rings. The van der Waals surface area contributed by atoms with E-state index in [1.165, 1.54) is 38.5 Å². The highest BCUT2D eigenvalue weighted by atomic mass is 16.5. The van der Waals surface area contributed by atoms with Crippen LogP contribution in [0.2, 0.25) is 0 Å². The van der Waals surface area contributed by atoms with E-state index in [9.17, 15) is 9.59 Å². The van der Waals surface area contributed by atoms with Gasteiger partial charge in [-0.25, -0.2) is 0 Å². The number of piperidine rings is 2. The van der Waals surface area contributed by atoms with Crippen molar-refractivity contribution in [2.45, 2.75) is 90.9 Å². The first kappa shape index (κ1) is 29.2. The highest BCUT2D eigenvalue weighted by Crippen LogP contribution is 2.08. The molecule has 0 unspecified atom stereocenters. The molecule has 0 N–H and O–H groups in total. The van der Waals surface area contributed by atoms with Crippen molar-refractivity contribution in [2.75, 3.05) is 65.7 Å². The van der Waals surface area contributed by atoms with Gasteiger partial charge in [0.1, 0.15) is 11.6 Å². The van der Waals surface area contributed by atoms with E-state index in [0.29, 0.717) is 11.6 Å². The molecule has 2 aliphatic heterocycles. The van der Waals surface area contributed by atoms with E-state index in [4.69, 9.17) is 9.47 Å². The quantitative estimate of drug-likeness (QED) is 0.320. The summed E-state index contributed by atoms with van der Waals surface area (Å²) < 4.78 is 10.9. The largest absolute Gasteiger partial charge is 0.381 e. The number of rotatable bonds is 16. The van der Waals surface area contributed by atoms with Crippen molar-refractivity contribution in [3.8, 4) is 0 Å². The normalized spacial score (nSPS) is 17.9. The zero-order chi connectivity index (χ0) is 23.3. The molecule has 2 fully saturated rings. The fourth-order valence-corrected chi connectivity index (χ4v) is 3.98. The first-order valence-corrected chi connectivity index (χ1v) is 13.3. The minimum Gasteiger partial charge on any atom is -0.381 e. The topological polar surface area (TPSA) is 59.1 Å². The lowest BCUT2D eigenvalue weighted by Gasteiger charge is -2.25. The van der Waals surface area contributed by atoms with Gasteiger partial charge in [0.15, 0.2) is 0 Å². The van der Waals surface area contributed by atoms with Gasteiger partial charge >= 0.3 is 0 Å². The van der Waals surface area contributed by atoms with Gasteiger partial charge in [0.05, 0.1) is 0 Å². The summed E-state index contributed by atoms with van der Waals surface area (Å²) >= 11 is 0. The number of ether oxygens (including phenoxy) is 2. The average molecular weight is 455 g/mol. The third-order valence-corrected chi connectivity index (χ3v) is 6.05. The summed E-state index contributed by atoms with van der Waals surface area (Å²) in [6.45, 7) is 14.1. The Hall–Kier alpha value is -0.820. The summed E-state index contributed by atoms with van der Waals surface area (Å²) in [6.07, 6.45) is 12.6. The predicted octanol–water partition coefficient (Wildman–Crippen LogP) is 4.50. The van der Waals surface area contributed by atoms with Crippen LogP contribution < -0.4 is 0 Å². The Morgan fingerprint density at radius 3 is 1.28 bits per heavy atom. The molecule has 32 heavy (non-hydrogen) atoms. The van der Waals surface area contributed by atoms with Crippen LogP contribution in [0.5, 0.6) is 0 Å². The number of nitrogens with zero attached hydrogens (tertiary/aromatic N) is 2. The molecule has 0 aromatic carbocycles. The van der Waals surface area contributed by atoms with Crippen molar-refractivity contribution in [1.82, 2.24) is 9.80 Å². The molecular weight excluding hydrogens is 404 g/mol. The number of likely N-dealkylation sites (tertiary alicyclic amines) is 2. The van der Waals surface area contributed by atoms with E-state index in [1.54, 1.807) is 0 Å². The summed E-state index contributed by atoms with van der Waals surface area (Å²) in [5.41, 5.74) is 0. The van der Waals surface area contributed by atoms with Crippen molar-refractivity contribution in [3.63, 3.8) is 0 Å². The molecule has 0 bridgehead atoms. The van der Waals surface area contributed by atoms with E-state index in [0.717, 1.165) is 104 Å². The van der Waals surface area contributed by atoms with E-state index < -0.39 is 0 Å². The zero-order valence-corrected chi connectivity index (χ0v) is 21.1. The Morgan fingerprint density at radius 2 is 0.938 bits per heavy atom. The monoisotopic (exact) mass is 454 g/mol. The van der Waals surface area contributed by atoms with Crippen molar-refractivity contribution >= 4 is 11.6 Å². The van der Waals surface area contributed by atoms with Crippen LogP contribution in [0.3, 0.4) is 0 Å². The molecule has 0 amide bonds. The van der Waals surface area contributed by atoms with Crippen LogP contribution in [0.25, 0.3) is 0 Å². The van der Waals surface area contributed by atoms with Gasteiger partial charge in [-0.1, -0.05) is 13.8 Å². The molecule has 0 saturated carbocycles. The molecular formula is C26H50N2O4. The van der Waals surface area contributed by atoms with Gasteiger partial charge in [-0.3, -0.25) is 9.59 Å². The third-order valence-electron chi connectivity index (χ3n) is 6.05. The lowest BCUT2D eigenvalue weighted by molar-refractivity contribution is -0.122. The molecule has 2 rings (SSSR count). The molecule has 0 spiro atoms. The van der Waals surface area contributed by atoms with Crippen LogP contribution in [0.1, 0.15) is 90.9 Å². The van der Waals surface area contributed by atoms with E-state index in [2.05, 4.69) is 23.6 Å². The third kappa shape index (κ3) is 16.8. The maximum atomic E-state index is 11.0. The summed E-state index contributed by atoms with van der Waals surface area (Å²) in [4.78, 5) is 26.9. The van der Waals surface area contributed by atoms with Gasteiger partial charge in [-0.2, -0.15) is 0 Å². The molecule has 0 radical (unpaired) electrons. The van der Waals surface area contributed by atoms with Crippen LogP contribution in [0.15, 0.2) is 0 Å². The zero-order valence-electron chi connectivity index (χ0n) is 21.1. The second-order valence-electron chi connectivity index (χ2n) is 9.11. The number of hydrogen-bond donors (Lipinski definition) is 0. The van der Waals surface area contributed by atoms with Gasteiger partial charge < -0.3 is 19.3 Å². The molecule has 6 heteroatoms. The number of carbonyl (C=O) groups excluding carboxylic acids is 2. The minimum atomic E-state index is 0.434. The van der Waals surface area contributed by atoms with E-state index in [1.807, 2.05) is 0 Å². The van der Waals surface area contributed by atoms with Crippen LogP contribution in [0.4, 0.5) is 0 Å². The summed E-state index contributed by atoms with van der Waals surface area (Å²) in [5.74, 6) is 0.869. The van der Waals surface area contributed by atoms with Gasteiger partial charge in [0.2, 0.25) is 0 Å². The number of Topliss-reactive ketones (excluding diaryl/α,β-unsaturated/α-hetero) is 2. The van der Waals surface area contributed by atoms with Crippen molar-refractivity contribution in [2.24, 2.45) is 0 Å². The first-order chi connectivity index (χ1) is 15.7. The Bertz CT molecular complexity index is 411. The van der Waals surface area contributed by atoms with E-state index in [-0.39, 0.29) is 0 Å². The van der Waals surface area contributed by atoms with Crippen molar-refractivity contribution < 1.29 is 19.1 Å². The second-order valence-corrected chi connectivity index (χ2v) is 9.11. The Morgan fingerprint density at radius 1 is 0.562 bits per heavy atom. The van der Waals surface area contributed by atoms with Crippen LogP contribution in [0, 0.1) is 0 Å². The number of hydrogen-bond acceptors (Lipinski definition) is 6. The molecule has 0 aromatic rings. The molecule has 188 valence electrons. The highest BCUT2D eigenvalue weighted by molar-refractivity contribution is 5.79.